The molecule has 1 aliphatic rings. The van der Waals surface area contributed by atoms with Crippen LogP contribution in [0, 0.1) is 0 Å². The number of sulfone groups is 1. The molecule has 0 spiro atoms. The molecule has 0 radical (unpaired) electrons. The van der Waals surface area contributed by atoms with E-state index in [0.717, 1.165) is 5.56 Å². The standard InChI is InChI=1S/C26H33NO5S/c1-18-15-27(16-19(2)32-18)25(29)23-8-6-7-21(13-23)14-24(28)22-11-9-20(10-12-22)17-33(30,31)26(3,4)5/h6-13,18-19H,14-17H2,1-5H3/t18-,19+. The third kappa shape index (κ3) is 6.30. The summed E-state index contributed by atoms with van der Waals surface area (Å²) in [6.07, 6.45) is 0.143. The largest absolute Gasteiger partial charge is 0.372 e. The number of morpholine rings is 1. The fourth-order valence-corrected chi connectivity index (χ4v) is 4.92. The predicted octanol–water partition coefficient (Wildman–Crippen LogP) is 4.07. The van der Waals surface area contributed by atoms with Gasteiger partial charge in [-0.2, -0.15) is 0 Å². The first-order valence-corrected chi connectivity index (χ1v) is 12.9. The van der Waals surface area contributed by atoms with E-state index in [4.69, 9.17) is 4.74 Å². The van der Waals surface area contributed by atoms with E-state index in [1.807, 2.05) is 19.9 Å². The molecule has 1 fully saturated rings. The lowest BCUT2D eigenvalue weighted by Crippen LogP contribution is -2.48. The Balaban J connectivity index is 1.68. The Kier molecular flexibility index (Phi) is 7.44. The lowest BCUT2D eigenvalue weighted by Gasteiger charge is -2.35. The van der Waals surface area contributed by atoms with Crippen molar-refractivity contribution in [2.24, 2.45) is 0 Å². The van der Waals surface area contributed by atoms with E-state index in [1.165, 1.54) is 0 Å². The number of ketones is 1. The molecular formula is C26H33NO5S. The number of hydrogen-bond acceptors (Lipinski definition) is 5. The molecule has 2 aromatic carbocycles. The molecule has 7 heteroatoms. The van der Waals surface area contributed by atoms with Crippen molar-refractivity contribution in [3.8, 4) is 0 Å². The molecule has 33 heavy (non-hydrogen) atoms. The summed E-state index contributed by atoms with van der Waals surface area (Å²) < 4.78 is 29.7. The van der Waals surface area contributed by atoms with Crippen LogP contribution in [-0.2, 0) is 26.7 Å². The maximum atomic E-state index is 13.0. The number of Topliss-reactive ketones (excluding diaryl/α,β-unsaturated/α-hetero) is 1. The Labute approximate surface area is 196 Å². The van der Waals surface area contributed by atoms with Crippen LogP contribution in [-0.4, -0.2) is 55.1 Å². The van der Waals surface area contributed by atoms with Gasteiger partial charge in [-0.3, -0.25) is 9.59 Å². The Morgan fingerprint density at radius 3 is 2.12 bits per heavy atom. The van der Waals surface area contributed by atoms with E-state index >= 15 is 0 Å². The Morgan fingerprint density at radius 2 is 1.55 bits per heavy atom. The van der Waals surface area contributed by atoms with Gasteiger partial charge in [0, 0.05) is 30.6 Å². The molecule has 0 aliphatic carbocycles. The maximum Gasteiger partial charge on any atom is 0.254 e. The summed E-state index contributed by atoms with van der Waals surface area (Å²) in [6.45, 7) is 10.0. The Hall–Kier alpha value is -2.51. The third-order valence-corrected chi connectivity index (χ3v) is 8.39. The van der Waals surface area contributed by atoms with Gasteiger partial charge in [0.1, 0.15) is 0 Å². The molecule has 2 atom stereocenters. The summed E-state index contributed by atoms with van der Waals surface area (Å²) in [5.41, 5.74) is 2.49. The highest BCUT2D eigenvalue weighted by atomic mass is 32.2. The lowest BCUT2D eigenvalue weighted by molar-refractivity contribution is -0.0586. The first-order valence-electron chi connectivity index (χ1n) is 11.2. The van der Waals surface area contributed by atoms with E-state index in [1.54, 1.807) is 68.1 Å². The topological polar surface area (TPSA) is 80.8 Å². The summed E-state index contributed by atoms with van der Waals surface area (Å²) in [5.74, 6) is -0.206. The second-order valence-corrected chi connectivity index (χ2v) is 12.6. The molecule has 0 saturated carbocycles. The van der Waals surface area contributed by atoms with Crippen molar-refractivity contribution in [2.45, 2.75) is 63.7 Å². The molecule has 0 N–H and O–H groups in total. The first kappa shape index (κ1) is 25.1. The number of rotatable bonds is 6. The normalized spacial score (nSPS) is 19.4. The molecule has 0 aromatic heterocycles. The molecule has 0 unspecified atom stereocenters. The van der Waals surface area contributed by atoms with Gasteiger partial charge in [0.25, 0.3) is 5.91 Å². The monoisotopic (exact) mass is 471 g/mol. The van der Waals surface area contributed by atoms with Gasteiger partial charge < -0.3 is 9.64 Å². The number of hydrogen-bond donors (Lipinski definition) is 0. The molecule has 2 aromatic rings. The summed E-state index contributed by atoms with van der Waals surface area (Å²) >= 11 is 0. The van der Waals surface area contributed by atoms with E-state index < -0.39 is 14.6 Å². The average molecular weight is 472 g/mol. The number of carbonyl (C=O) groups excluding carboxylic acids is 2. The van der Waals surface area contributed by atoms with Crippen LogP contribution in [0.15, 0.2) is 48.5 Å². The minimum atomic E-state index is -3.29. The zero-order valence-corrected chi connectivity index (χ0v) is 20.8. The summed E-state index contributed by atoms with van der Waals surface area (Å²) in [5, 5.41) is 0. The second kappa shape index (κ2) is 9.77. The average Bonchev–Trinajstić information content (AvgIpc) is 2.72. The summed E-state index contributed by atoms with van der Waals surface area (Å²) in [7, 11) is -3.29. The highest BCUT2D eigenvalue weighted by molar-refractivity contribution is 7.91. The van der Waals surface area contributed by atoms with Crippen molar-refractivity contribution in [1.82, 2.24) is 4.90 Å². The summed E-state index contributed by atoms with van der Waals surface area (Å²) in [4.78, 5) is 27.6. The highest BCUT2D eigenvalue weighted by Crippen LogP contribution is 2.21. The van der Waals surface area contributed by atoms with Crippen molar-refractivity contribution >= 4 is 21.5 Å². The smallest absolute Gasteiger partial charge is 0.254 e. The van der Waals surface area contributed by atoms with Gasteiger partial charge >= 0.3 is 0 Å². The molecular weight excluding hydrogens is 438 g/mol. The van der Waals surface area contributed by atoms with E-state index in [2.05, 4.69) is 0 Å². The fourth-order valence-electron chi connectivity index (χ4n) is 3.85. The number of carbonyl (C=O) groups is 2. The quantitative estimate of drug-likeness (QED) is 0.593. The van der Waals surface area contributed by atoms with Gasteiger partial charge in [-0.1, -0.05) is 36.4 Å². The number of ether oxygens (including phenoxy) is 1. The molecule has 0 bridgehead atoms. The maximum absolute atomic E-state index is 13.0. The van der Waals surface area contributed by atoms with Crippen LogP contribution in [0.2, 0.25) is 0 Å². The molecule has 1 amide bonds. The van der Waals surface area contributed by atoms with Gasteiger partial charge in [0.15, 0.2) is 15.6 Å². The molecule has 3 rings (SSSR count). The molecule has 1 heterocycles. The zero-order chi connectivity index (χ0) is 24.4. The number of nitrogens with zero attached hydrogens (tertiary/aromatic N) is 1. The van der Waals surface area contributed by atoms with Crippen LogP contribution in [0.25, 0.3) is 0 Å². The van der Waals surface area contributed by atoms with E-state index in [9.17, 15) is 18.0 Å². The SMILES string of the molecule is C[C@@H]1CN(C(=O)c2cccc(CC(=O)c3ccc(CS(=O)(=O)C(C)(C)C)cc3)c2)C[C@H](C)O1. The van der Waals surface area contributed by atoms with Gasteiger partial charge in [-0.05, 0) is 57.9 Å². The second-order valence-electron chi connectivity index (χ2n) is 9.84. The fraction of sp³-hybridized carbons (Fsp3) is 0.462. The van der Waals surface area contributed by atoms with Gasteiger partial charge in [0.05, 0.1) is 22.7 Å². The van der Waals surface area contributed by atoms with Crippen molar-refractivity contribution in [1.29, 1.82) is 0 Å². The highest BCUT2D eigenvalue weighted by Gasteiger charge is 2.29. The predicted molar refractivity (Wildman–Crippen MR) is 129 cm³/mol. The van der Waals surface area contributed by atoms with Crippen molar-refractivity contribution in [3.05, 3.63) is 70.8 Å². The van der Waals surface area contributed by atoms with Gasteiger partial charge in [-0.25, -0.2) is 8.42 Å². The van der Waals surface area contributed by atoms with Gasteiger partial charge in [-0.15, -0.1) is 0 Å². The van der Waals surface area contributed by atoms with Crippen LogP contribution in [0.1, 0.15) is 66.5 Å². The van der Waals surface area contributed by atoms with Crippen LogP contribution < -0.4 is 0 Å². The first-order chi connectivity index (χ1) is 15.4. The molecule has 178 valence electrons. The van der Waals surface area contributed by atoms with Crippen LogP contribution in [0.5, 0.6) is 0 Å². The lowest BCUT2D eigenvalue weighted by atomic mass is 10.00. The molecule has 1 saturated heterocycles. The van der Waals surface area contributed by atoms with Crippen molar-refractivity contribution in [2.75, 3.05) is 13.1 Å². The van der Waals surface area contributed by atoms with Crippen molar-refractivity contribution < 1.29 is 22.7 Å². The summed E-state index contributed by atoms with van der Waals surface area (Å²) in [6, 6.07) is 13.9. The minimum Gasteiger partial charge on any atom is -0.372 e. The molecule has 1 aliphatic heterocycles. The Bertz CT molecular complexity index is 1110. The Morgan fingerprint density at radius 1 is 0.939 bits per heavy atom. The minimum absolute atomic E-state index is 0.0104. The number of amides is 1. The van der Waals surface area contributed by atoms with E-state index in [0.29, 0.717) is 29.8 Å². The third-order valence-electron chi connectivity index (χ3n) is 5.81. The van der Waals surface area contributed by atoms with Crippen molar-refractivity contribution in [3.63, 3.8) is 0 Å². The van der Waals surface area contributed by atoms with Crippen LogP contribution >= 0.6 is 0 Å². The zero-order valence-electron chi connectivity index (χ0n) is 20.0. The van der Waals surface area contributed by atoms with Crippen LogP contribution in [0.4, 0.5) is 0 Å². The molecule has 6 nitrogen and oxygen atoms in total. The van der Waals surface area contributed by atoms with Crippen LogP contribution in [0.3, 0.4) is 0 Å². The number of benzene rings is 2. The van der Waals surface area contributed by atoms with E-state index in [-0.39, 0.29) is 36.1 Å². The van der Waals surface area contributed by atoms with Gasteiger partial charge in [0.2, 0.25) is 0 Å².